The quantitative estimate of drug-likeness (QED) is 0.821. The zero-order chi connectivity index (χ0) is 12.3. The van der Waals surface area contributed by atoms with Crippen molar-refractivity contribution in [3.8, 4) is 22.6 Å². The van der Waals surface area contributed by atoms with Crippen LogP contribution in [0.1, 0.15) is 0 Å². The van der Waals surface area contributed by atoms with Gasteiger partial charge < -0.3 is 9.47 Å². The Labute approximate surface area is 106 Å². The van der Waals surface area contributed by atoms with Crippen LogP contribution in [0.2, 0.25) is 5.02 Å². The molecule has 0 N–H and O–H groups in total. The van der Waals surface area contributed by atoms with Crippen LogP contribution in [0.25, 0.3) is 11.1 Å². The van der Waals surface area contributed by atoms with Gasteiger partial charge >= 0.3 is 0 Å². The molecule has 17 heavy (non-hydrogen) atoms. The summed E-state index contributed by atoms with van der Waals surface area (Å²) in [7, 11) is 3.25. The molecule has 0 aliphatic carbocycles. The van der Waals surface area contributed by atoms with Gasteiger partial charge in [0.2, 0.25) is 0 Å². The third-order valence-corrected chi connectivity index (χ3v) is 2.79. The zero-order valence-corrected chi connectivity index (χ0v) is 10.4. The molecule has 2 rings (SSSR count). The van der Waals surface area contributed by atoms with E-state index in [2.05, 4.69) is 6.07 Å². The summed E-state index contributed by atoms with van der Waals surface area (Å²) in [5, 5.41) is 0.655. The molecule has 0 amide bonds. The van der Waals surface area contributed by atoms with Crippen LogP contribution in [-0.4, -0.2) is 14.2 Å². The molecule has 1 radical (unpaired) electrons. The van der Waals surface area contributed by atoms with Crippen molar-refractivity contribution in [2.45, 2.75) is 0 Å². The molecule has 0 aliphatic rings. The highest BCUT2D eigenvalue weighted by atomic mass is 35.5. The van der Waals surface area contributed by atoms with Crippen molar-refractivity contribution < 1.29 is 9.47 Å². The molecule has 0 bridgehead atoms. The molecule has 0 fully saturated rings. The van der Waals surface area contributed by atoms with E-state index < -0.39 is 0 Å². The highest BCUT2D eigenvalue weighted by molar-refractivity contribution is 6.33. The second-order valence-electron chi connectivity index (χ2n) is 3.51. The van der Waals surface area contributed by atoms with E-state index in [-0.39, 0.29) is 0 Å². The van der Waals surface area contributed by atoms with Crippen molar-refractivity contribution in [3.05, 3.63) is 47.5 Å². The lowest BCUT2D eigenvalue weighted by atomic mass is 10.1. The Morgan fingerprint density at radius 1 is 1.06 bits per heavy atom. The normalized spacial score (nSPS) is 10.1. The van der Waals surface area contributed by atoms with Gasteiger partial charge in [-0.25, -0.2) is 0 Å². The highest BCUT2D eigenvalue weighted by Gasteiger charge is 2.06. The number of benzene rings is 2. The van der Waals surface area contributed by atoms with Crippen molar-refractivity contribution in [2.75, 3.05) is 14.2 Å². The standard InChI is InChI=1S/C14H12ClO2/c1-16-11-7-10(8-12(9-11)17-2)13-5-3-4-6-14(13)15/h3,5-9H,1-2H3. The first kappa shape index (κ1) is 11.8. The largest absolute Gasteiger partial charge is 0.497 e. The molecular formula is C14H12ClO2. The fourth-order valence-electron chi connectivity index (χ4n) is 1.61. The second kappa shape index (κ2) is 5.11. The minimum Gasteiger partial charge on any atom is -0.497 e. The number of methoxy groups -OCH3 is 2. The van der Waals surface area contributed by atoms with Crippen LogP contribution in [0.4, 0.5) is 0 Å². The summed E-state index contributed by atoms with van der Waals surface area (Å²) < 4.78 is 10.5. The Morgan fingerprint density at radius 2 is 1.71 bits per heavy atom. The molecule has 0 unspecified atom stereocenters. The first-order chi connectivity index (χ1) is 8.24. The van der Waals surface area contributed by atoms with Crippen LogP contribution in [0.3, 0.4) is 0 Å². The van der Waals surface area contributed by atoms with E-state index in [4.69, 9.17) is 21.1 Å². The summed E-state index contributed by atoms with van der Waals surface area (Å²) in [6.07, 6.45) is 0. The smallest absolute Gasteiger partial charge is 0.123 e. The van der Waals surface area contributed by atoms with Gasteiger partial charge in [0.15, 0.2) is 0 Å². The fourth-order valence-corrected chi connectivity index (χ4v) is 1.84. The van der Waals surface area contributed by atoms with Crippen molar-refractivity contribution in [3.63, 3.8) is 0 Å². The van der Waals surface area contributed by atoms with E-state index in [1.54, 1.807) is 20.3 Å². The van der Waals surface area contributed by atoms with Crippen LogP contribution >= 0.6 is 11.6 Å². The predicted octanol–water partition coefficient (Wildman–Crippen LogP) is 3.82. The van der Waals surface area contributed by atoms with Gasteiger partial charge in [0.05, 0.1) is 14.2 Å². The predicted molar refractivity (Wildman–Crippen MR) is 68.8 cm³/mol. The van der Waals surface area contributed by atoms with E-state index in [1.165, 1.54) is 0 Å². The van der Waals surface area contributed by atoms with Crippen molar-refractivity contribution in [1.29, 1.82) is 0 Å². The van der Waals surface area contributed by atoms with E-state index in [0.29, 0.717) is 5.02 Å². The average Bonchev–Trinajstić information content (AvgIpc) is 2.38. The number of hydrogen-bond donors (Lipinski definition) is 0. The molecule has 0 aromatic heterocycles. The molecule has 0 spiro atoms. The van der Waals surface area contributed by atoms with Gasteiger partial charge in [-0.3, -0.25) is 0 Å². The molecular weight excluding hydrogens is 236 g/mol. The molecule has 0 saturated carbocycles. The topological polar surface area (TPSA) is 18.5 Å². The van der Waals surface area contributed by atoms with Crippen LogP contribution in [-0.2, 0) is 0 Å². The molecule has 0 aliphatic heterocycles. The van der Waals surface area contributed by atoms with Gasteiger partial charge in [0.1, 0.15) is 11.5 Å². The Balaban J connectivity index is 2.55. The highest BCUT2D eigenvalue weighted by Crippen LogP contribution is 2.33. The summed E-state index contributed by atoms with van der Waals surface area (Å²) in [4.78, 5) is 0. The van der Waals surface area contributed by atoms with Crippen molar-refractivity contribution in [2.24, 2.45) is 0 Å². The fraction of sp³-hybridized carbons (Fsp3) is 0.143. The van der Waals surface area contributed by atoms with Crippen LogP contribution in [0, 0.1) is 6.07 Å². The van der Waals surface area contributed by atoms with Gasteiger partial charge in [-0.15, -0.1) is 0 Å². The van der Waals surface area contributed by atoms with E-state index in [9.17, 15) is 0 Å². The SMILES string of the molecule is COc1cc(OC)cc(-c2cc[c]cc2Cl)c1. The van der Waals surface area contributed by atoms with Gasteiger partial charge in [0.25, 0.3) is 0 Å². The average molecular weight is 248 g/mol. The van der Waals surface area contributed by atoms with Gasteiger partial charge in [-0.2, -0.15) is 0 Å². The van der Waals surface area contributed by atoms with Crippen molar-refractivity contribution >= 4 is 11.6 Å². The summed E-state index contributed by atoms with van der Waals surface area (Å²) in [6, 6.07) is 14.1. The third kappa shape index (κ3) is 2.53. The maximum atomic E-state index is 6.14. The van der Waals surface area contributed by atoms with Crippen LogP contribution in [0.5, 0.6) is 11.5 Å². The van der Waals surface area contributed by atoms with E-state index in [0.717, 1.165) is 22.6 Å². The van der Waals surface area contributed by atoms with Gasteiger partial charge in [-0.05, 0) is 29.8 Å². The lowest BCUT2D eigenvalue weighted by Crippen LogP contribution is -1.89. The van der Waals surface area contributed by atoms with Crippen LogP contribution < -0.4 is 9.47 Å². The molecule has 3 heteroatoms. The minimum atomic E-state index is 0.655. The lowest BCUT2D eigenvalue weighted by molar-refractivity contribution is 0.394. The summed E-state index contributed by atoms with van der Waals surface area (Å²) in [5.74, 6) is 1.48. The maximum Gasteiger partial charge on any atom is 0.123 e. The Bertz CT molecular complexity index is 501. The second-order valence-corrected chi connectivity index (χ2v) is 3.91. The van der Waals surface area contributed by atoms with Gasteiger partial charge in [-0.1, -0.05) is 23.7 Å². The molecule has 0 heterocycles. The molecule has 87 valence electrons. The Morgan fingerprint density at radius 3 is 2.24 bits per heavy atom. The van der Waals surface area contributed by atoms with E-state index >= 15 is 0 Å². The number of halogens is 1. The maximum absolute atomic E-state index is 6.14. The minimum absolute atomic E-state index is 0.655. The molecule has 2 nitrogen and oxygen atoms in total. The third-order valence-electron chi connectivity index (χ3n) is 2.48. The first-order valence-electron chi connectivity index (χ1n) is 5.13. The number of hydrogen-bond acceptors (Lipinski definition) is 2. The zero-order valence-electron chi connectivity index (χ0n) is 9.66. The summed E-state index contributed by atoms with van der Waals surface area (Å²) in [5.41, 5.74) is 1.89. The molecule has 2 aromatic carbocycles. The van der Waals surface area contributed by atoms with E-state index in [1.807, 2.05) is 30.3 Å². The molecule has 0 atom stereocenters. The summed E-state index contributed by atoms with van der Waals surface area (Å²) in [6.45, 7) is 0. The molecule has 0 saturated heterocycles. The number of rotatable bonds is 3. The molecule has 2 aromatic rings. The Kier molecular flexibility index (Phi) is 3.55. The number of ether oxygens (including phenoxy) is 2. The van der Waals surface area contributed by atoms with Crippen LogP contribution in [0.15, 0.2) is 36.4 Å². The Hall–Kier alpha value is -1.67. The summed E-state index contributed by atoms with van der Waals surface area (Å²) >= 11 is 6.14. The first-order valence-corrected chi connectivity index (χ1v) is 5.51. The van der Waals surface area contributed by atoms with Crippen molar-refractivity contribution in [1.82, 2.24) is 0 Å². The monoisotopic (exact) mass is 247 g/mol. The lowest BCUT2D eigenvalue weighted by Gasteiger charge is -2.09. The van der Waals surface area contributed by atoms with Gasteiger partial charge in [0, 0.05) is 16.7 Å².